The summed E-state index contributed by atoms with van der Waals surface area (Å²) < 4.78 is 0. The molecule has 5 nitrogen and oxygen atoms in total. The Morgan fingerprint density at radius 2 is 2.17 bits per heavy atom. The van der Waals surface area contributed by atoms with E-state index >= 15 is 0 Å². The van der Waals surface area contributed by atoms with E-state index in [1.807, 2.05) is 18.2 Å². The molecule has 0 saturated heterocycles. The average Bonchev–Trinajstić information content (AvgIpc) is 2.70. The number of halogens is 1. The second kappa shape index (κ2) is 4.68. The molecule has 0 saturated carbocycles. The van der Waals surface area contributed by atoms with Crippen molar-refractivity contribution in [2.75, 3.05) is 0 Å². The van der Waals surface area contributed by atoms with Crippen LogP contribution in [-0.4, -0.2) is 21.1 Å². The molecule has 18 heavy (non-hydrogen) atoms. The maximum absolute atomic E-state index is 11.8. The van der Waals surface area contributed by atoms with Crippen molar-refractivity contribution in [3.63, 3.8) is 0 Å². The van der Waals surface area contributed by atoms with E-state index in [0.717, 1.165) is 10.9 Å². The summed E-state index contributed by atoms with van der Waals surface area (Å²) in [6.07, 6.45) is 0. The summed E-state index contributed by atoms with van der Waals surface area (Å²) in [4.78, 5) is 18.1. The number of aromatic nitrogens is 3. The molecule has 6 heteroatoms. The van der Waals surface area contributed by atoms with Gasteiger partial charge in [0, 0.05) is 5.33 Å². The molecule has 2 aromatic rings. The molecule has 2 rings (SSSR count). The Morgan fingerprint density at radius 3 is 2.78 bits per heavy atom. The molecule has 0 unspecified atom stereocenters. The van der Waals surface area contributed by atoms with E-state index in [0.29, 0.717) is 11.0 Å². The van der Waals surface area contributed by atoms with Gasteiger partial charge in [0.05, 0.1) is 5.41 Å². The molecular weight excluding hydrogens is 298 g/mol. The summed E-state index contributed by atoms with van der Waals surface area (Å²) in [5, 5.41) is 8.56. The lowest BCUT2D eigenvalue weighted by molar-refractivity contribution is -0.154. The van der Waals surface area contributed by atoms with Crippen LogP contribution >= 0.6 is 15.9 Å². The van der Waals surface area contributed by atoms with E-state index in [2.05, 4.69) is 26.2 Å². The van der Waals surface area contributed by atoms with Crippen molar-refractivity contribution in [1.82, 2.24) is 15.2 Å². The highest BCUT2D eigenvalue weighted by atomic mass is 79.9. The third-order valence-corrected chi connectivity index (χ3v) is 3.06. The summed E-state index contributed by atoms with van der Waals surface area (Å²) in [5.74, 6) is -0.348. The first-order valence-electron chi connectivity index (χ1n) is 5.55. The smallest absolute Gasteiger partial charge is 0.317 e. The average molecular weight is 312 g/mol. The molecule has 1 aromatic heterocycles. The molecule has 0 aliphatic heterocycles. The van der Waals surface area contributed by atoms with Crippen LogP contribution in [0.25, 0.3) is 11.0 Å². The Balaban J connectivity index is 2.33. The summed E-state index contributed by atoms with van der Waals surface area (Å²) >= 11 is 3.38. The van der Waals surface area contributed by atoms with Gasteiger partial charge in [-0.1, -0.05) is 26.8 Å². The van der Waals surface area contributed by atoms with Crippen LogP contribution in [0, 0.1) is 5.41 Å². The molecule has 0 spiro atoms. The molecule has 1 aromatic carbocycles. The van der Waals surface area contributed by atoms with Gasteiger partial charge in [0.1, 0.15) is 11.0 Å². The van der Waals surface area contributed by atoms with Gasteiger partial charge in [-0.3, -0.25) is 0 Å². The lowest BCUT2D eigenvalue weighted by atomic mass is 9.98. The van der Waals surface area contributed by atoms with E-state index in [1.54, 1.807) is 20.8 Å². The minimum absolute atomic E-state index is 0.348. The van der Waals surface area contributed by atoms with Crippen molar-refractivity contribution >= 4 is 32.9 Å². The zero-order chi connectivity index (χ0) is 13.3. The number of benzene rings is 1. The van der Waals surface area contributed by atoms with Crippen LogP contribution in [-0.2, 0) is 10.1 Å². The third-order valence-electron chi connectivity index (χ3n) is 2.42. The molecule has 0 atom stereocenters. The fraction of sp³-hybridized carbons (Fsp3) is 0.417. The van der Waals surface area contributed by atoms with Crippen molar-refractivity contribution in [2.24, 2.45) is 5.41 Å². The van der Waals surface area contributed by atoms with Crippen LogP contribution in [0.4, 0.5) is 0 Å². The van der Waals surface area contributed by atoms with Gasteiger partial charge in [0.25, 0.3) is 0 Å². The van der Waals surface area contributed by atoms with Crippen molar-refractivity contribution in [1.29, 1.82) is 0 Å². The molecule has 0 radical (unpaired) electrons. The summed E-state index contributed by atoms with van der Waals surface area (Å²) in [5.41, 5.74) is 1.90. The predicted molar refractivity (Wildman–Crippen MR) is 71.2 cm³/mol. The molecule has 0 N–H and O–H groups in total. The molecule has 1 heterocycles. The van der Waals surface area contributed by atoms with Crippen LogP contribution in [0.3, 0.4) is 0 Å². The number of nitrogens with zero attached hydrogens (tertiary/aromatic N) is 3. The normalized spacial score (nSPS) is 11.8. The summed E-state index contributed by atoms with van der Waals surface area (Å²) in [7, 11) is 0. The maximum atomic E-state index is 11.8. The first kappa shape index (κ1) is 13.0. The van der Waals surface area contributed by atoms with Crippen LogP contribution in [0.5, 0.6) is 0 Å². The maximum Gasteiger partial charge on any atom is 0.340 e. The van der Waals surface area contributed by atoms with Gasteiger partial charge >= 0.3 is 5.97 Å². The zero-order valence-electron chi connectivity index (χ0n) is 10.5. The van der Waals surface area contributed by atoms with Gasteiger partial charge in [-0.2, -0.15) is 0 Å². The monoisotopic (exact) mass is 311 g/mol. The molecule has 96 valence electrons. The van der Waals surface area contributed by atoms with Crippen LogP contribution in [0.1, 0.15) is 26.3 Å². The van der Waals surface area contributed by atoms with E-state index in [-0.39, 0.29) is 5.97 Å². The predicted octanol–water partition coefficient (Wildman–Crippen LogP) is 2.33. The molecule has 0 bridgehead atoms. The highest BCUT2D eigenvalue weighted by Gasteiger charge is 2.25. The summed E-state index contributed by atoms with van der Waals surface area (Å²) in [6.45, 7) is 5.37. The van der Waals surface area contributed by atoms with E-state index < -0.39 is 5.41 Å². The Bertz CT molecular complexity index is 587. The number of alkyl halides is 1. The van der Waals surface area contributed by atoms with Gasteiger partial charge in [-0.15, -0.1) is 5.10 Å². The largest absolute Gasteiger partial charge is 0.340 e. The number of carbonyl (C=O) groups excluding carboxylic acids is 1. The minimum Gasteiger partial charge on any atom is -0.317 e. The van der Waals surface area contributed by atoms with Crippen molar-refractivity contribution in [3.8, 4) is 0 Å². The number of hydrogen-bond acceptors (Lipinski definition) is 4. The number of rotatable bonds is 2. The fourth-order valence-electron chi connectivity index (χ4n) is 1.31. The van der Waals surface area contributed by atoms with Crippen LogP contribution in [0.2, 0.25) is 0 Å². The molecule has 0 amide bonds. The fourth-order valence-corrected chi connectivity index (χ4v) is 1.66. The molecule has 0 aliphatic rings. The van der Waals surface area contributed by atoms with Gasteiger partial charge in [-0.25, -0.2) is 4.79 Å². The number of carbonyl (C=O) groups is 1. The topological polar surface area (TPSA) is 57.0 Å². The summed E-state index contributed by atoms with van der Waals surface area (Å²) in [6, 6.07) is 5.67. The Labute approximate surface area is 113 Å². The van der Waals surface area contributed by atoms with Crippen LogP contribution < -0.4 is 4.84 Å². The van der Waals surface area contributed by atoms with E-state index in [9.17, 15) is 4.79 Å². The molecule has 0 aliphatic carbocycles. The SMILES string of the molecule is CC(C)(C)C(=O)On1nnc2cc(CBr)ccc21. The van der Waals surface area contributed by atoms with Crippen molar-refractivity contribution in [2.45, 2.75) is 26.1 Å². The second-order valence-corrected chi connectivity index (χ2v) is 5.61. The minimum atomic E-state index is -0.575. The highest BCUT2D eigenvalue weighted by Crippen LogP contribution is 2.17. The molecular formula is C12H14BrN3O2. The second-order valence-electron chi connectivity index (χ2n) is 5.05. The quantitative estimate of drug-likeness (QED) is 0.631. The highest BCUT2D eigenvalue weighted by molar-refractivity contribution is 9.08. The van der Waals surface area contributed by atoms with Crippen LogP contribution in [0.15, 0.2) is 18.2 Å². The lowest BCUT2D eigenvalue weighted by Crippen LogP contribution is -2.31. The first-order valence-corrected chi connectivity index (χ1v) is 6.67. The number of fused-ring (bicyclic) bond motifs is 1. The Morgan fingerprint density at radius 1 is 1.44 bits per heavy atom. The van der Waals surface area contributed by atoms with Crippen molar-refractivity contribution < 1.29 is 9.63 Å². The van der Waals surface area contributed by atoms with E-state index in [1.165, 1.54) is 4.85 Å². The Kier molecular flexibility index (Phi) is 3.38. The first-order chi connectivity index (χ1) is 8.41. The van der Waals surface area contributed by atoms with E-state index in [4.69, 9.17) is 4.84 Å². The van der Waals surface area contributed by atoms with Crippen molar-refractivity contribution in [3.05, 3.63) is 23.8 Å². The Hall–Kier alpha value is -1.43. The van der Waals surface area contributed by atoms with Gasteiger partial charge in [0.2, 0.25) is 0 Å². The zero-order valence-corrected chi connectivity index (χ0v) is 12.1. The van der Waals surface area contributed by atoms with Gasteiger partial charge in [-0.05, 0) is 43.7 Å². The van der Waals surface area contributed by atoms with Gasteiger partial charge in [0.15, 0.2) is 0 Å². The third kappa shape index (κ3) is 2.53. The van der Waals surface area contributed by atoms with Gasteiger partial charge < -0.3 is 4.84 Å². The lowest BCUT2D eigenvalue weighted by Gasteiger charge is -2.15. The molecule has 0 fully saturated rings. The standard InChI is InChI=1S/C12H14BrN3O2/c1-12(2,3)11(17)18-16-10-5-4-8(7-13)6-9(10)14-15-16/h4-6H,7H2,1-3H3. The number of hydrogen-bond donors (Lipinski definition) is 0.